The van der Waals surface area contributed by atoms with Crippen molar-refractivity contribution in [1.29, 1.82) is 0 Å². The predicted molar refractivity (Wildman–Crippen MR) is 66.0 cm³/mol. The van der Waals surface area contributed by atoms with Crippen molar-refractivity contribution >= 4 is 0 Å². The number of rotatable bonds is 5. The van der Waals surface area contributed by atoms with Gasteiger partial charge in [-0.2, -0.15) is 0 Å². The van der Waals surface area contributed by atoms with Crippen LogP contribution in [0.2, 0.25) is 0 Å². The lowest BCUT2D eigenvalue weighted by Gasteiger charge is -2.07. The lowest BCUT2D eigenvalue weighted by atomic mass is 10.3. The smallest absolute Gasteiger partial charge is 0.145 e. The van der Waals surface area contributed by atoms with E-state index in [1.54, 1.807) is 12.4 Å². The minimum atomic E-state index is 0.274. The highest BCUT2D eigenvalue weighted by atomic mass is 16.6. The van der Waals surface area contributed by atoms with Crippen molar-refractivity contribution in [3.05, 3.63) is 48.8 Å². The minimum Gasteiger partial charge on any atom is -0.491 e. The second kappa shape index (κ2) is 5.06. The third-order valence-corrected chi connectivity index (χ3v) is 2.53. The number of nitrogens with zero attached hydrogens (tertiary/aromatic N) is 1. The number of aromatic nitrogens is 1. The van der Waals surface area contributed by atoms with Crippen molar-refractivity contribution in [2.45, 2.75) is 6.10 Å². The van der Waals surface area contributed by atoms with Gasteiger partial charge in [-0.15, -0.1) is 0 Å². The zero-order valence-corrected chi connectivity index (χ0v) is 9.78. The molecule has 2 aromatic rings. The van der Waals surface area contributed by atoms with E-state index in [0.29, 0.717) is 6.61 Å². The maximum Gasteiger partial charge on any atom is 0.145 e. The van der Waals surface area contributed by atoms with Gasteiger partial charge in [0, 0.05) is 6.20 Å². The number of benzene rings is 1. The molecule has 1 aromatic heterocycles. The molecule has 0 radical (unpaired) electrons. The Labute approximate surface area is 105 Å². The average Bonchev–Trinajstić information content (AvgIpc) is 3.23. The fourth-order valence-corrected chi connectivity index (χ4v) is 1.50. The van der Waals surface area contributed by atoms with Crippen LogP contribution in [0.5, 0.6) is 17.2 Å². The summed E-state index contributed by atoms with van der Waals surface area (Å²) in [5.41, 5.74) is 0. The lowest BCUT2D eigenvalue weighted by Crippen LogP contribution is -2.03. The number of epoxide rings is 1. The standard InChI is InChI=1S/C14H13NO3/c1-2-13(8-15-7-1)18-12-5-3-11(4-6-12)16-9-14-10-17-14/h1-8,14H,9-10H2. The van der Waals surface area contributed by atoms with Gasteiger partial charge in [0.1, 0.15) is 30.0 Å². The van der Waals surface area contributed by atoms with E-state index in [1.165, 1.54) is 0 Å². The van der Waals surface area contributed by atoms with Crippen molar-refractivity contribution in [1.82, 2.24) is 4.98 Å². The van der Waals surface area contributed by atoms with E-state index in [2.05, 4.69) is 4.98 Å². The first kappa shape index (κ1) is 11.0. The van der Waals surface area contributed by atoms with Gasteiger partial charge in [-0.3, -0.25) is 4.98 Å². The Morgan fingerprint density at radius 3 is 2.56 bits per heavy atom. The predicted octanol–water partition coefficient (Wildman–Crippen LogP) is 2.65. The molecule has 18 heavy (non-hydrogen) atoms. The SMILES string of the molecule is c1cncc(Oc2ccc(OCC3CO3)cc2)c1. The third kappa shape index (κ3) is 2.99. The van der Waals surface area contributed by atoms with Crippen LogP contribution in [0, 0.1) is 0 Å². The Balaban J connectivity index is 1.59. The summed E-state index contributed by atoms with van der Waals surface area (Å²) in [6.07, 6.45) is 3.66. The molecule has 0 aliphatic carbocycles. The third-order valence-electron chi connectivity index (χ3n) is 2.53. The average molecular weight is 243 g/mol. The quantitative estimate of drug-likeness (QED) is 0.757. The molecule has 1 aliphatic heterocycles. The van der Waals surface area contributed by atoms with Crippen molar-refractivity contribution in [2.75, 3.05) is 13.2 Å². The first-order valence-electron chi connectivity index (χ1n) is 5.82. The maximum atomic E-state index is 5.63. The fraction of sp³-hybridized carbons (Fsp3) is 0.214. The molecule has 4 nitrogen and oxygen atoms in total. The van der Waals surface area contributed by atoms with Crippen LogP contribution in [0.4, 0.5) is 0 Å². The maximum absolute atomic E-state index is 5.63. The van der Waals surface area contributed by atoms with Gasteiger partial charge >= 0.3 is 0 Å². The van der Waals surface area contributed by atoms with Gasteiger partial charge in [-0.05, 0) is 36.4 Å². The molecule has 0 amide bonds. The number of hydrogen-bond donors (Lipinski definition) is 0. The van der Waals surface area contributed by atoms with Gasteiger partial charge in [-0.1, -0.05) is 0 Å². The van der Waals surface area contributed by atoms with Crippen LogP contribution in [0.3, 0.4) is 0 Å². The van der Waals surface area contributed by atoms with E-state index in [-0.39, 0.29) is 6.10 Å². The van der Waals surface area contributed by atoms with Gasteiger partial charge in [0.05, 0.1) is 12.8 Å². The van der Waals surface area contributed by atoms with Gasteiger partial charge in [0.2, 0.25) is 0 Å². The molecule has 1 aromatic carbocycles. The van der Waals surface area contributed by atoms with E-state index >= 15 is 0 Å². The van der Waals surface area contributed by atoms with Crippen molar-refractivity contribution < 1.29 is 14.2 Å². The van der Waals surface area contributed by atoms with Crippen LogP contribution in [-0.2, 0) is 4.74 Å². The minimum absolute atomic E-state index is 0.274. The summed E-state index contributed by atoms with van der Waals surface area (Å²) in [6, 6.07) is 11.2. The summed E-state index contributed by atoms with van der Waals surface area (Å²) in [6.45, 7) is 1.42. The van der Waals surface area contributed by atoms with E-state index < -0.39 is 0 Å². The molecule has 1 saturated heterocycles. The molecule has 2 heterocycles. The topological polar surface area (TPSA) is 43.9 Å². The molecule has 1 aliphatic rings. The zero-order chi connectivity index (χ0) is 12.2. The van der Waals surface area contributed by atoms with Crippen LogP contribution >= 0.6 is 0 Å². The van der Waals surface area contributed by atoms with Gasteiger partial charge in [0.25, 0.3) is 0 Å². The molecule has 3 rings (SSSR count). The highest BCUT2D eigenvalue weighted by molar-refractivity contribution is 5.34. The van der Waals surface area contributed by atoms with E-state index in [4.69, 9.17) is 14.2 Å². The van der Waals surface area contributed by atoms with Crippen LogP contribution in [-0.4, -0.2) is 24.3 Å². The van der Waals surface area contributed by atoms with Gasteiger partial charge in [0.15, 0.2) is 0 Å². The molecule has 92 valence electrons. The lowest BCUT2D eigenvalue weighted by molar-refractivity contribution is 0.263. The molecule has 0 bridgehead atoms. The highest BCUT2D eigenvalue weighted by Crippen LogP contribution is 2.23. The molecule has 0 spiro atoms. The van der Waals surface area contributed by atoms with Crippen LogP contribution in [0.15, 0.2) is 48.8 Å². The molecular formula is C14H13NO3. The van der Waals surface area contributed by atoms with Crippen LogP contribution < -0.4 is 9.47 Å². The number of ether oxygens (including phenoxy) is 3. The summed E-state index contributed by atoms with van der Waals surface area (Å²) < 4.78 is 16.2. The van der Waals surface area contributed by atoms with Gasteiger partial charge in [-0.25, -0.2) is 0 Å². The monoisotopic (exact) mass is 243 g/mol. The van der Waals surface area contributed by atoms with E-state index in [1.807, 2.05) is 36.4 Å². The largest absolute Gasteiger partial charge is 0.491 e. The van der Waals surface area contributed by atoms with Crippen LogP contribution in [0.25, 0.3) is 0 Å². The fourth-order valence-electron chi connectivity index (χ4n) is 1.50. The first-order chi connectivity index (χ1) is 8.90. The normalized spacial score (nSPS) is 17.2. The number of pyridine rings is 1. The number of hydrogen-bond acceptors (Lipinski definition) is 4. The molecular weight excluding hydrogens is 230 g/mol. The van der Waals surface area contributed by atoms with E-state index in [0.717, 1.165) is 23.9 Å². The molecule has 1 atom stereocenters. The van der Waals surface area contributed by atoms with Gasteiger partial charge < -0.3 is 14.2 Å². The summed E-state index contributed by atoms with van der Waals surface area (Å²) in [5, 5.41) is 0. The molecule has 0 saturated carbocycles. The zero-order valence-electron chi connectivity index (χ0n) is 9.78. The second-order valence-corrected chi connectivity index (χ2v) is 4.03. The van der Waals surface area contributed by atoms with Crippen molar-refractivity contribution in [3.8, 4) is 17.2 Å². The molecule has 0 N–H and O–H groups in total. The Hall–Kier alpha value is -2.07. The van der Waals surface area contributed by atoms with Crippen molar-refractivity contribution in [3.63, 3.8) is 0 Å². The molecule has 4 heteroatoms. The van der Waals surface area contributed by atoms with Crippen LogP contribution in [0.1, 0.15) is 0 Å². The summed E-state index contributed by atoms with van der Waals surface area (Å²) in [7, 11) is 0. The molecule has 1 fully saturated rings. The van der Waals surface area contributed by atoms with Crippen molar-refractivity contribution in [2.24, 2.45) is 0 Å². The summed E-state index contributed by atoms with van der Waals surface area (Å²) in [4.78, 5) is 3.99. The summed E-state index contributed by atoms with van der Waals surface area (Å²) >= 11 is 0. The summed E-state index contributed by atoms with van der Waals surface area (Å²) in [5.74, 6) is 2.31. The Bertz CT molecular complexity index is 494. The Morgan fingerprint density at radius 1 is 1.11 bits per heavy atom. The Kier molecular flexibility index (Phi) is 3.10. The first-order valence-corrected chi connectivity index (χ1v) is 5.82. The van der Waals surface area contributed by atoms with E-state index in [9.17, 15) is 0 Å². The molecule has 1 unspecified atom stereocenters. The Morgan fingerprint density at radius 2 is 1.89 bits per heavy atom. The second-order valence-electron chi connectivity index (χ2n) is 4.03. The highest BCUT2D eigenvalue weighted by Gasteiger charge is 2.22.